The predicted octanol–water partition coefficient (Wildman–Crippen LogP) is 2.25. The van der Waals surface area contributed by atoms with Crippen molar-refractivity contribution in [2.24, 2.45) is 0 Å². The highest BCUT2D eigenvalue weighted by Crippen LogP contribution is 2.38. The van der Waals surface area contributed by atoms with Gasteiger partial charge in [0.05, 0.1) is 23.9 Å². The number of nitrogens with two attached hydrogens (primary N) is 1. The van der Waals surface area contributed by atoms with Crippen LogP contribution in [0.5, 0.6) is 0 Å². The van der Waals surface area contributed by atoms with Gasteiger partial charge in [-0.05, 0) is 5.56 Å². The average molecular weight is 270 g/mol. The Morgan fingerprint density at radius 1 is 1.44 bits per heavy atom. The van der Waals surface area contributed by atoms with Crippen LogP contribution in [0.25, 0.3) is 0 Å². The number of alkyl halides is 5. The number of aliphatic carboxylic acids is 1. The molecule has 0 bridgehead atoms. The van der Waals surface area contributed by atoms with Gasteiger partial charge in [0.15, 0.2) is 5.69 Å². The van der Waals surface area contributed by atoms with Crippen molar-refractivity contribution in [2.45, 2.75) is 19.0 Å². The number of nitrogen functional groups attached to an aromatic ring is 1. The second-order valence-corrected chi connectivity index (χ2v) is 3.32. The number of carboxylic acid groups (broad SMARTS) is 1. The Kier molecular flexibility index (Phi) is 3.73. The van der Waals surface area contributed by atoms with E-state index < -0.39 is 47.5 Å². The molecule has 0 spiro atoms. The SMILES string of the molecule is Nc1cnc(C(F)(F)F)c(C(F)F)c1CC(=O)O. The Hall–Kier alpha value is -1.93. The van der Waals surface area contributed by atoms with Gasteiger partial charge in [-0.3, -0.25) is 4.79 Å². The molecule has 1 heterocycles. The minimum atomic E-state index is -5.10. The molecule has 0 radical (unpaired) electrons. The smallest absolute Gasteiger partial charge is 0.433 e. The third kappa shape index (κ3) is 2.84. The second kappa shape index (κ2) is 4.75. The first kappa shape index (κ1) is 14.1. The number of rotatable bonds is 3. The molecule has 1 aromatic heterocycles. The monoisotopic (exact) mass is 270 g/mol. The summed E-state index contributed by atoms with van der Waals surface area (Å²) in [5.74, 6) is -1.57. The molecular weight excluding hydrogens is 263 g/mol. The van der Waals surface area contributed by atoms with E-state index in [0.29, 0.717) is 6.20 Å². The average Bonchev–Trinajstić information content (AvgIpc) is 2.17. The van der Waals surface area contributed by atoms with Crippen molar-refractivity contribution in [1.29, 1.82) is 0 Å². The van der Waals surface area contributed by atoms with Gasteiger partial charge in [0, 0.05) is 0 Å². The van der Waals surface area contributed by atoms with Gasteiger partial charge in [-0.2, -0.15) is 13.2 Å². The van der Waals surface area contributed by atoms with Crippen molar-refractivity contribution in [3.63, 3.8) is 0 Å². The Balaban J connectivity index is 3.52. The summed E-state index contributed by atoms with van der Waals surface area (Å²) < 4.78 is 62.7. The minimum Gasteiger partial charge on any atom is -0.481 e. The van der Waals surface area contributed by atoms with Gasteiger partial charge in [0.2, 0.25) is 0 Å². The second-order valence-electron chi connectivity index (χ2n) is 3.32. The van der Waals surface area contributed by atoms with Crippen molar-refractivity contribution in [3.8, 4) is 0 Å². The number of hydrogen-bond donors (Lipinski definition) is 2. The largest absolute Gasteiger partial charge is 0.481 e. The molecule has 0 aliphatic rings. The number of nitrogens with zero attached hydrogens (tertiary/aromatic N) is 1. The third-order valence-corrected chi connectivity index (χ3v) is 2.08. The molecule has 0 aliphatic heterocycles. The van der Waals surface area contributed by atoms with Crippen molar-refractivity contribution in [1.82, 2.24) is 4.98 Å². The Labute approximate surface area is 97.2 Å². The van der Waals surface area contributed by atoms with E-state index in [1.165, 1.54) is 0 Å². The summed E-state index contributed by atoms with van der Waals surface area (Å²) in [5.41, 5.74) is 0.618. The fraction of sp³-hybridized carbons (Fsp3) is 0.333. The molecule has 0 atom stereocenters. The van der Waals surface area contributed by atoms with E-state index in [0.717, 1.165) is 0 Å². The number of carbonyl (C=O) groups is 1. The summed E-state index contributed by atoms with van der Waals surface area (Å²) in [5, 5.41) is 8.49. The number of anilines is 1. The molecule has 3 N–H and O–H groups in total. The lowest BCUT2D eigenvalue weighted by Crippen LogP contribution is -2.17. The van der Waals surface area contributed by atoms with E-state index in [-0.39, 0.29) is 0 Å². The zero-order chi connectivity index (χ0) is 14.1. The molecular formula is C9H7F5N2O2. The summed E-state index contributed by atoms with van der Waals surface area (Å²) >= 11 is 0. The highest BCUT2D eigenvalue weighted by atomic mass is 19.4. The number of carboxylic acids is 1. The van der Waals surface area contributed by atoms with Crippen LogP contribution in [0.3, 0.4) is 0 Å². The van der Waals surface area contributed by atoms with E-state index >= 15 is 0 Å². The standard InChI is InChI=1S/C9H7F5N2O2/c10-8(11)6-3(1-5(17)18)4(15)2-16-7(6)9(12,13)14/h2,8H,1,15H2,(H,17,18). The van der Waals surface area contributed by atoms with Crippen molar-refractivity contribution >= 4 is 11.7 Å². The van der Waals surface area contributed by atoms with E-state index in [1.807, 2.05) is 0 Å². The van der Waals surface area contributed by atoms with Crippen LogP contribution < -0.4 is 5.73 Å². The topological polar surface area (TPSA) is 76.2 Å². The molecule has 9 heteroatoms. The number of aromatic nitrogens is 1. The van der Waals surface area contributed by atoms with Gasteiger partial charge in [-0.1, -0.05) is 0 Å². The molecule has 1 rings (SSSR count). The summed E-state index contributed by atoms with van der Waals surface area (Å²) in [6.07, 6.45) is -9.14. The molecule has 0 amide bonds. The quantitative estimate of drug-likeness (QED) is 0.826. The van der Waals surface area contributed by atoms with Crippen molar-refractivity contribution in [2.75, 3.05) is 5.73 Å². The van der Waals surface area contributed by atoms with Crippen LogP contribution in [0.2, 0.25) is 0 Å². The maximum Gasteiger partial charge on any atom is 0.433 e. The number of halogens is 5. The first-order valence-electron chi connectivity index (χ1n) is 4.49. The van der Waals surface area contributed by atoms with Gasteiger partial charge < -0.3 is 10.8 Å². The Morgan fingerprint density at radius 3 is 2.39 bits per heavy atom. The summed E-state index contributed by atoms with van der Waals surface area (Å²) in [4.78, 5) is 13.3. The number of pyridine rings is 1. The maximum absolute atomic E-state index is 12.7. The highest BCUT2D eigenvalue weighted by molar-refractivity contribution is 5.74. The lowest BCUT2D eigenvalue weighted by atomic mass is 10.0. The van der Waals surface area contributed by atoms with Crippen LogP contribution >= 0.6 is 0 Å². The molecule has 0 saturated heterocycles. The van der Waals surface area contributed by atoms with Gasteiger partial charge in [-0.15, -0.1) is 0 Å². The van der Waals surface area contributed by atoms with Crippen LogP contribution in [0.1, 0.15) is 23.2 Å². The Morgan fingerprint density at radius 2 is 2.00 bits per heavy atom. The zero-order valence-corrected chi connectivity index (χ0v) is 8.63. The molecule has 0 unspecified atom stereocenters. The van der Waals surface area contributed by atoms with Crippen LogP contribution in [0.4, 0.5) is 27.6 Å². The molecule has 0 fully saturated rings. The maximum atomic E-state index is 12.7. The fourth-order valence-electron chi connectivity index (χ4n) is 1.39. The molecule has 0 aliphatic carbocycles. The highest BCUT2D eigenvalue weighted by Gasteiger charge is 2.39. The van der Waals surface area contributed by atoms with E-state index in [9.17, 15) is 26.7 Å². The van der Waals surface area contributed by atoms with Crippen LogP contribution in [-0.2, 0) is 17.4 Å². The molecule has 1 aromatic rings. The van der Waals surface area contributed by atoms with Gasteiger partial charge >= 0.3 is 12.1 Å². The van der Waals surface area contributed by atoms with Crippen LogP contribution in [0.15, 0.2) is 6.20 Å². The molecule has 4 nitrogen and oxygen atoms in total. The van der Waals surface area contributed by atoms with E-state index in [4.69, 9.17) is 10.8 Å². The molecule has 0 aromatic carbocycles. The minimum absolute atomic E-state index is 0.513. The molecule has 0 saturated carbocycles. The Bertz CT molecular complexity index is 473. The third-order valence-electron chi connectivity index (χ3n) is 2.08. The van der Waals surface area contributed by atoms with Crippen molar-refractivity contribution in [3.05, 3.63) is 23.0 Å². The summed E-state index contributed by atoms with van der Waals surface area (Å²) in [7, 11) is 0. The van der Waals surface area contributed by atoms with E-state index in [2.05, 4.69) is 4.98 Å². The lowest BCUT2D eigenvalue weighted by Gasteiger charge is -2.16. The van der Waals surface area contributed by atoms with Crippen LogP contribution in [0, 0.1) is 0 Å². The lowest BCUT2D eigenvalue weighted by molar-refractivity contribution is -0.143. The van der Waals surface area contributed by atoms with Gasteiger partial charge in [0.1, 0.15) is 0 Å². The van der Waals surface area contributed by atoms with Gasteiger partial charge in [0.25, 0.3) is 6.43 Å². The first-order valence-corrected chi connectivity index (χ1v) is 4.49. The van der Waals surface area contributed by atoms with E-state index in [1.54, 1.807) is 0 Å². The molecule has 18 heavy (non-hydrogen) atoms. The first-order chi connectivity index (χ1) is 8.14. The number of hydrogen-bond acceptors (Lipinski definition) is 3. The predicted molar refractivity (Wildman–Crippen MR) is 49.9 cm³/mol. The van der Waals surface area contributed by atoms with Crippen molar-refractivity contribution < 1.29 is 31.9 Å². The summed E-state index contributed by atoms with van der Waals surface area (Å²) in [6.45, 7) is 0. The van der Waals surface area contributed by atoms with Gasteiger partial charge in [-0.25, -0.2) is 13.8 Å². The van der Waals surface area contributed by atoms with Crippen LogP contribution in [-0.4, -0.2) is 16.1 Å². The summed E-state index contributed by atoms with van der Waals surface area (Å²) in [6, 6.07) is 0. The normalized spacial score (nSPS) is 11.9. The molecule has 100 valence electrons. The zero-order valence-electron chi connectivity index (χ0n) is 8.63. The fourth-order valence-corrected chi connectivity index (χ4v) is 1.39.